The van der Waals surface area contributed by atoms with E-state index in [-0.39, 0.29) is 48.1 Å². The third kappa shape index (κ3) is 13.4. The normalized spacial score (nSPS) is 31.7. The number of nitrogens with zero attached hydrogens (tertiary/aromatic N) is 2. The molecule has 5 rings (SSSR count). The van der Waals surface area contributed by atoms with Crippen molar-refractivity contribution in [3.63, 3.8) is 0 Å². The largest absolute Gasteiger partial charge is 0.465 e. The molecule has 0 aliphatic carbocycles. The Morgan fingerprint density at radius 1 is 0.912 bits per heavy atom. The van der Waals surface area contributed by atoms with Crippen LogP contribution in [-0.4, -0.2) is 108 Å². The number of aliphatic hydroxyl groups is 1. The van der Waals surface area contributed by atoms with Gasteiger partial charge in [0.05, 0.1) is 24.9 Å². The maximum absolute atomic E-state index is 14.1. The van der Waals surface area contributed by atoms with Crippen molar-refractivity contribution in [3.05, 3.63) is 12.2 Å². The summed E-state index contributed by atoms with van der Waals surface area (Å²) in [4.78, 5) is 31.1. The Balaban J connectivity index is 0.931. The molecule has 4 saturated heterocycles. The lowest BCUT2D eigenvalue weighted by molar-refractivity contribution is -0.255. The van der Waals surface area contributed by atoms with Gasteiger partial charge >= 0.3 is 5.97 Å². The van der Waals surface area contributed by atoms with E-state index in [1.807, 2.05) is 0 Å². The summed E-state index contributed by atoms with van der Waals surface area (Å²) in [5.74, 6) is -0.302. The van der Waals surface area contributed by atoms with E-state index in [1.165, 1.54) is 57.8 Å². The summed E-state index contributed by atoms with van der Waals surface area (Å²) < 4.78 is 19.7. The third-order valence-electron chi connectivity index (χ3n) is 13.5. The lowest BCUT2D eigenvalue weighted by Gasteiger charge is -2.60. The second-order valence-electron chi connectivity index (χ2n) is 18.1. The molecule has 0 radical (unpaired) electrons. The molecule has 12 heteroatoms. The number of nitrogens with one attached hydrogen (secondary N) is 2. The highest BCUT2D eigenvalue weighted by Crippen LogP contribution is 2.49. The monoisotopic (exact) mass is 803 g/mol. The van der Waals surface area contributed by atoms with Crippen LogP contribution in [-0.2, 0) is 23.8 Å². The zero-order chi connectivity index (χ0) is 40.5. The first-order chi connectivity index (χ1) is 27.7. The number of aliphatic hydroxyl groups excluding tert-OH is 1. The van der Waals surface area contributed by atoms with E-state index < -0.39 is 11.8 Å². The predicted octanol–water partition coefficient (Wildman–Crippen LogP) is 6.33. The van der Waals surface area contributed by atoms with Crippen LogP contribution in [0.3, 0.4) is 0 Å². The molecular formula is C45H82N6O6. The quantitative estimate of drug-likeness (QED) is 0.0398. The number of nitrogens with two attached hydrogens (primary N) is 2. The number of esters is 1. The predicted molar refractivity (Wildman–Crippen MR) is 226 cm³/mol. The van der Waals surface area contributed by atoms with Crippen molar-refractivity contribution in [1.82, 2.24) is 20.4 Å². The van der Waals surface area contributed by atoms with Crippen LogP contribution in [0.25, 0.3) is 0 Å². The first-order valence-electron chi connectivity index (χ1n) is 23.6. The number of ether oxygens (including phenoxy) is 3. The fraction of sp³-hybridized carbons (Fsp3) is 0.911. The molecule has 57 heavy (non-hydrogen) atoms. The number of unbranched alkanes of at least 4 members (excludes halogenated alkanes) is 12. The molecule has 5 aliphatic rings. The van der Waals surface area contributed by atoms with Crippen molar-refractivity contribution in [1.29, 1.82) is 0 Å². The van der Waals surface area contributed by atoms with E-state index in [2.05, 4.69) is 41.5 Å². The lowest BCUT2D eigenvalue weighted by atomic mass is 9.79. The van der Waals surface area contributed by atoms with Crippen LogP contribution in [0.5, 0.6) is 0 Å². The Labute approximate surface area is 345 Å². The van der Waals surface area contributed by atoms with Crippen molar-refractivity contribution in [2.24, 2.45) is 17.4 Å². The van der Waals surface area contributed by atoms with Crippen LogP contribution in [0, 0.1) is 5.92 Å². The Morgan fingerprint density at radius 2 is 1.61 bits per heavy atom. The van der Waals surface area contributed by atoms with Gasteiger partial charge in [-0.15, -0.1) is 0 Å². The first kappa shape index (κ1) is 46.4. The third-order valence-corrected chi connectivity index (χ3v) is 13.5. The number of hydrogen-bond acceptors (Lipinski definition) is 11. The van der Waals surface area contributed by atoms with Gasteiger partial charge in [0, 0.05) is 38.0 Å². The highest BCUT2D eigenvalue weighted by Gasteiger charge is 2.63. The molecule has 1 amide bonds. The average Bonchev–Trinajstić information content (AvgIpc) is 3.49. The number of carbonyl (C=O) groups excluding carboxylic acids is 2. The molecule has 9 atom stereocenters. The number of carbonyl (C=O) groups is 2. The fourth-order valence-corrected chi connectivity index (χ4v) is 10.5. The standard InChI is InChI=1S/C45H82N6O6/c1-3-38-22-16-17-27-44(57-38)33-36-24-25-39-41(45(28-19-21-35(2)56-45)49-43(48-44)51(36)39)42(54)55-32-18-14-12-10-8-6-4-5-7-9-11-13-15-23-40(53)50(31-20-29-46)34-37(52)26-30-47/h16,22,35-39,41,43,48-49,52H,3-15,17-21,23-34,46-47H2,1-2H3/t35-,36+,37+,38+,39-,41-,43?,44+,45-/m0/s1. The van der Waals surface area contributed by atoms with Crippen molar-refractivity contribution < 1.29 is 28.9 Å². The molecule has 0 bridgehead atoms. The van der Waals surface area contributed by atoms with E-state index in [4.69, 9.17) is 25.7 Å². The highest BCUT2D eigenvalue weighted by atomic mass is 16.6. The van der Waals surface area contributed by atoms with Gasteiger partial charge in [-0.2, -0.15) is 0 Å². The molecule has 0 aromatic heterocycles. The van der Waals surface area contributed by atoms with Gasteiger partial charge in [-0.1, -0.05) is 89.7 Å². The molecule has 2 spiro atoms. The zero-order valence-electron chi connectivity index (χ0n) is 35.9. The van der Waals surface area contributed by atoms with Crippen LogP contribution in [0.1, 0.15) is 174 Å². The molecule has 0 aromatic carbocycles. The number of amides is 1. The Bertz CT molecular complexity index is 1230. The Kier molecular flexibility index (Phi) is 19.5. The van der Waals surface area contributed by atoms with E-state index in [1.54, 1.807) is 4.90 Å². The molecular weight excluding hydrogens is 721 g/mol. The van der Waals surface area contributed by atoms with E-state index in [0.29, 0.717) is 51.7 Å². The van der Waals surface area contributed by atoms with Crippen molar-refractivity contribution in [3.8, 4) is 0 Å². The first-order valence-corrected chi connectivity index (χ1v) is 23.6. The summed E-state index contributed by atoms with van der Waals surface area (Å²) in [5, 5.41) is 18.0. The highest BCUT2D eigenvalue weighted by molar-refractivity contribution is 5.76. The summed E-state index contributed by atoms with van der Waals surface area (Å²) in [6, 6.07) is 0.465. The lowest BCUT2D eigenvalue weighted by Crippen LogP contribution is -2.81. The molecule has 0 aromatic rings. The van der Waals surface area contributed by atoms with Crippen LogP contribution in [0.2, 0.25) is 0 Å². The van der Waals surface area contributed by atoms with E-state index in [9.17, 15) is 14.7 Å². The summed E-state index contributed by atoms with van der Waals surface area (Å²) in [7, 11) is 0. The van der Waals surface area contributed by atoms with Crippen LogP contribution >= 0.6 is 0 Å². The minimum atomic E-state index is -0.724. The van der Waals surface area contributed by atoms with Gasteiger partial charge in [0.25, 0.3) is 0 Å². The number of allylic oxidation sites excluding steroid dienone is 1. The van der Waals surface area contributed by atoms with Crippen molar-refractivity contribution in [2.45, 2.75) is 223 Å². The number of rotatable bonds is 25. The van der Waals surface area contributed by atoms with Gasteiger partial charge in [-0.25, -0.2) is 0 Å². The molecule has 328 valence electrons. The van der Waals surface area contributed by atoms with Crippen molar-refractivity contribution >= 4 is 11.9 Å². The maximum Gasteiger partial charge on any atom is 0.314 e. The number of hydrogen-bond donors (Lipinski definition) is 5. The Morgan fingerprint density at radius 3 is 2.28 bits per heavy atom. The molecule has 4 fully saturated rings. The van der Waals surface area contributed by atoms with Crippen LogP contribution in [0.15, 0.2) is 12.2 Å². The molecule has 5 heterocycles. The summed E-state index contributed by atoms with van der Waals surface area (Å²) in [6.07, 6.45) is 29.9. The topological polar surface area (TPSA) is 165 Å². The van der Waals surface area contributed by atoms with Crippen LogP contribution < -0.4 is 22.1 Å². The Hall–Kier alpha value is -1.64. The molecule has 12 nitrogen and oxygen atoms in total. The molecule has 7 N–H and O–H groups in total. The fourth-order valence-electron chi connectivity index (χ4n) is 10.5. The molecule has 0 saturated carbocycles. The smallest absolute Gasteiger partial charge is 0.314 e. The minimum absolute atomic E-state index is 0.0878. The van der Waals surface area contributed by atoms with Gasteiger partial charge in [0.1, 0.15) is 23.7 Å². The van der Waals surface area contributed by atoms with Gasteiger partial charge in [-0.05, 0) is 97.1 Å². The van der Waals surface area contributed by atoms with Crippen LogP contribution in [0.4, 0.5) is 0 Å². The van der Waals surface area contributed by atoms with Gasteiger partial charge < -0.3 is 35.7 Å². The SMILES string of the molecule is CC[C@@H]1C=CCC[C@]2(C[C@H]3CC[C@H]4[C@@H](C(=O)OCCCCCCCCCCCCCCCC(=O)N(CCCN)C[C@H](O)CCN)[C@@]5(CCC[C@H](C)O5)NC(N2)N34)O1. The minimum Gasteiger partial charge on any atom is -0.465 e. The van der Waals surface area contributed by atoms with Gasteiger partial charge in [0.15, 0.2) is 0 Å². The summed E-state index contributed by atoms with van der Waals surface area (Å²) in [5.41, 5.74) is 10.1. The molecule has 5 aliphatic heterocycles. The van der Waals surface area contributed by atoms with E-state index in [0.717, 1.165) is 89.9 Å². The second-order valence-corrected chi connectivity index (χ2v) is 18.1. The average molecular weight is 803 g/mol. The summed E-state index contributed by atoms with van der Waals surface area (Å²) in [6.45, 7) is 6.75. The van der Waals surface area contributed by atoms with Gasteiger partial charge in [0.2, 0.25) is 5.91 Å². The van der Waals surface area contributed by atoms with E-state index >= 15 is 0 Å². The zero-order valence-corrected chi connectivity index (χ0v) is 35.9. The maximum atomic E-state index is 14.1. The van der Waals surface area contributed by atoms with Gasteiger partial charge in [-0.3, -0.25) is 25.1 Å². The van der Waals surface area contributed by atoms with Crippen molar-refractivity contribution in [2.75, 3.05) is 32.8 Å². The molecule has 1 unspecified atom stereocenters. The second kappa shape index (κ2) is 24.0. The summed E-state index contributed by atoms with van der Waals surface area (Å²) >= 11 is 0.